The average Bonchev–Trinajstić information content (AvgIpc) is 3.22. The van der Waals surface area contributed by atoms with E-state index in [1.165, 1.54) is 17.8 Å². The molecule has 172 valence electrons. The van der Waals surface area contributed by atoms with Gasteiger partial charge in [-0.2, -0.15) is 0 Å². The number of methoxy groups -OCH3 is 1. The van der Waals surface area contributed by atoms with Crippen LogP contribution in [0, 0.1) is 5.41 Å². The van der Waals surface area contributed by atoms with Crippen LogP contribution >= 0.6 is 23.2 Å². The summed E-state index contributed by atoms with van der Waals surface area (Å²) in [5, 5.41) is 0.654. The summed E-state index contributed by atoms with van der Waals surface area (Å²) in [6.45, 7) is 1.92. The van der Waals surface area contributed by atoms with Gasteiger partial charge in [-0.25, -0.2) is 9.98 Å². The molecule has 0 saturated heterocycles. The lowest BCUT2D eigenvalue weighted by Gasteiger charge is -2.44. The summed E-state index contributed by atoms with van der Waals surface area (Å²) >= 11 is 12.1. The fraction of sp³-hybridized carbons (Fsp3) is 0.440. The Morgan fingerprint density at radius 3 is 2.61 bits per heavy atom. The quantitative estimate of drug-likeness (QED) is 0.622. The number of nitrogens with two attached hydrogens (primary N) is 1. The van der Waals surface area contributed by atoms with Crippen molar-refractivity contribution in [2.45, 2.75) is 57.2 Å². The Kier molecular flexibility index (Phi) is 5.58. The zero-order valence-corrected chi connectivity index (χ0v) is 20.2. The van der Waals surface area contributed by atoms with Gasteiger partial charge in [0.15, 0.2) is 11.4 Å². The number of nitrogens with zero attached hydrogens (tertiary/aromatic N) is 3. The number of aromatic nitrogens is 1. The van der Waals surface area contributed by atoms with E-state index in [0.29, 0.717) is 10.9 Å². The van der Waals surface area contributed by atoms with Crippen molar-refractivity contribution in [2.24, 2.45) is 21.1 Å². The first-order valence-electron chi connectivity index (χ1n) is 11.2. The van der Waals surface area contributed by atoms with Gasteiger partial charge in [0.2, 0.25) is 0 Å². The number of fused-ring (bicyclic) bond motifs is 3. The molecule has 0 bridgehead atoms. The molecule has 1 aromatic carbocycles. The molecule has 1 fully saturated rings. The number of Topliss-reactive ketones (excluding diaryl/α,β-unsaturated/α-hetero) is 1. The van der Waals surface area contributed by atoms with Crippen LogP contribution in [0.4, 0.5) is 0 Å². The van der Waals surface area contributed by atoms with Gasteiger partial charge in [-0.1, -0.05) is 41.4 Å². The molecule has 2 aromatic rings. The predicted molar refractivity (Wildman–Crippen MR) is 131 cm³/mol. The van der Waals surface area contributed by atoms with E-state index in [1.807, 2.05) is 13.0 Å². The zero-order chi connectivity index (χ0) is 23.4. The fourth-order valence-electron chi connectivity index (χ4n) is 5.72. The van der Waals surface area contributed by atoms with Crippen molar-refractivity contribution < 1.29 is 9.53 Å². The molecule has 1 saturated carbocycles. The highest BCUT2D eigenvalue weighted by Crippen LogP contribution is 2.61. The Morgan fingerprint density at radius 2 is 1.97 bits per heavy atom. The highest BCUT2D eigenvalue weighted by Gasteiger charge is 2.60. The van der Waals surface area contributed by atoms with Gasteiger partial charge in [0, 0.05) is 30.7 Å². The molecule has 2 aliphatic carbocycles. The van der Waals surface area contributed by atoms with Crippen molar-refractivity contribution in [1.29, 1.82) is 0 Å². The number of aliphatic imine (C=N–C) groups is 2. The second-order valence-electron chi connectivity index (χ2n) is 9.33. The van der Waals surface area contributed by atoms with Crippen molar-refractivity contribution in [3.8, 4) is 0 Å². The minimum atomic E-state index is -0.732. The van der Waals surface area contributed by atoms with E-state index >= 15 is 0 Å². The fourth-order valence-corrected chi connectivity index (χ4v) is 6.20. The summed E-state index contributed by atoms with van der Waals surface area (Å²) in [5.41, 5.74) is 9.55. The number of hydrogen-bond acceptors (Lipinski definition) is 6. The third-order valence-electron chi connectivity index (χ3n) is 7.46. The van der Waals surface area contributed by atoms with Crippen LogP contribution in [-0.2, 0) is 23.2 Å². The maximum absolute atomic E-state index is 12.9. The molecule has 2 N–H and O–H groups in total. The van der Waals surface area contributed by atoms with E-state index in [4.69, 9.17) is 43.7 Å². The Labute approximate surface area is 203 Å². The molecule has 6 nitrogen and oxygen atoms in total. The second kappa shape index (κ2) is 8.19. The molecule has 1 atom stereocenters. The number of halogens is 2. The van der Waals surface area contributed by atoms with Crippen LogP contribution in [-0.4, -0.2) is 35.5 Å². The normalized spacial score (nSPS) is 28.2. The highest BCUT2D eigenvalue weighted by molar-refractivity contribution is 6.41. The first kappa shape index (κ1) is 22.5. The van der Waals surface area contributed by atoms with E-state index in [-0.39, 0.29) is 34.4 Å². The predicted octanol–water partition coefficient (Wildman–Crippen LogP) is 4.93. The number of amidine groups is 1. The van der Waals surface area contributed by atoms with Crippen LogP contribution in [0.25, 0.3) is 0 Å². The highest BCUT2D eigenvalue weighted by atomic mass is 35.5. The van der Waals surface area contributed by atoms with Crippen molar-refractivity contribution >= 4 is 40.5 Å². The third-order valence-corrected chi connectivity index (χ3v) is 7.96. The van der Waals surface area contributed by atoms with Gasteiger partial charge in [-0.15, -0.1) is 0 Å². The Balaban J connectivity index is 1.52. The largest absolute Gasteiger partial charge is 0.382 e. The topological polar surface area (TPSA) is 89.9 Å². The number of ketones is 1. The van der Waals surface area contributed by atoms with Crippen LogP contribution in [0.5, 0.6) is 0 Å². The number of benzene rings is 1. The van der Waals surface area contributed by atoms with E-state index in [2.05, 4.69) is 17.1 Å². The molecular formula is C25H26Cl2N4O2. The first-order valence-corrected chi connectivity index (χ1v) is 11.9. The van der Waals surface area contributed by atoms with Gasteiger partial charge in [-0.05, 0) is 56.2 Å². The number of carbonyl (C=O) groups excluding carboxylic acids is 1. The molecule has 0 amide bonds. The second-order valence-corrected chi connectivity index (χ2v) is 10.2. The zero-order valence-electron chi connectivity index (χ0n) is 18.7. The molecule has 1 aliphatic heterocycles. The van der Waals surface area contributed by atoms with E-state index in [1.54, 1.807) is 7.11 Å². The van der Waals surface area contributed by atoms with Crippen LogP contribution < -0.4 is 5.73 Å². The lowest BCUT2D eigenvalue weighted by Crippen LogP contribution is -2.43. The average molecular weight is 485 g/mol. The molecule has 2 spiro atoms. The molecule has 0 radical (unpaired) electrons. The van der Waals surface area contributed by atoms with Gasteiger partial charge in [0.05, 0.1) is 21.9 Å². The molecule has 2 heterocycles. The first-order chi connectivity index (χ1) is 15.8. The molecule has 3 aliphatic rings. The third kappa shape index (κ3) is 3.59. The summed E-state index contributed by atoms with van der Waals surface area (Å²) in [4.78, 5) is 27.2. The van der Waals surface area contributed by atoms with Gasteiger partial charge < -0.3 is 10.5 Å². The van der Waals surface area contributed by atoms with E-state index in [0.717, 1.165) is 48.9 Å². The van der Waals surface area contributed by atoms with Crippen LogP contribution in [0.3, 0.4) is 0 Å². The van der Waals surface area contributed by atoms with E-state index < -0.39 is 5.66 Å². The number of hydrogen-bond donors (Lipinski definition) is 1. The monoisotopic (exact) mass is 484 g/mol. The summed E-state index contributed by atoms with van der Waals surface area (Å²) in [7, 11) is 1.78. The smallest absolute Gasteiger partial charge is 0.187 e. The molecule has 5 rings (SSSR count). The van der Waals surface area contributed by atoms with Crippen molar-refractivity contribution in [2.75, 3.05) is 7.11 Å². The minimum Gasteiger partial charge on any atom is -0.382 e. The number of pyridine rings is 1. The summed E-state index contributed by atoms with van der Waals surface area (Å²) in [5.74, 6) is 0.336. The van der Waals surface area contributed by atoms with Gasteiger partial charge >= 0.3 is 0 Å². The Bertz CT molecular complexity index is 1180. The maximum Gasteiger partial charge on any atom is 0.187 e. The summed E-state index contributed by atoms with van der Waals surface area (Å²) < 4.78 is 5.63. The van der Waals surface area contributed by atoms with Gasteiger partial charge in [-0.3, -0.25) is 9.79 Å². The summed E-state index contributed by atoms with van der Waals surface area (Å²) in [6, 6.07) is 7.73. The molecule has 8 heteroatoms. The Hall–Kier alpha value is -2.28. The standard InChI is InChI=1S/C25H26Cl2N4O2/c1-14-23(28)31-25(30-14)19-9-15(10-21(32)22-20(27)11-17(26)13-29-22)3-4-16(19)12-24(25)7-5-18(33-2)6-8-24/h3-4,9,11,13,18H,5-8,10,12H2,1-2H3,(H2,28,31). The number of rotatable bonds is 4. The van der Waals surface area contributed by atoms with Crippen LogP contribution in [0.15, 0.2) is 40.4 Å². The van der Waals surface area contributed by atoms with Crippen LogP contribution in [0.2, 0.25) is 10.0 Å². The van der Waals surface area contributed by atoms with Crippen molar-refractivity contribution in [3.63, 3.8) is 0 Å². The summed E-state index contributed by atoms with van der Waals surface area (Å²) in [6.07, 6.45) is 6.66. The SMILES string of the molecule is COC1CCC2(CC1)Cc1ccc(CC(=O)c3ncc(Cl)cc3Cl)cc1C21N=C(C)C(N)=N1. The van der Waals surface area contributed by atoms with Gasteiger partial charge in [0.25, 0.3) is 0 Å². The minimum absolute atomic E-state index is 0.129. The lowest BCUT2D eigenvalue weighted by molar-refractivity contribution is -0.000385. The van der Waals surface area contributed by atoms with Crippen LogP contribution in [0.1, 0.15) is 59.8 Å². The van der Waals surface area contributed by atoms with Gasteiger partial charge in [0.1, 0.15) is 11.5 Å². The molecule has 1 aromatic heterocycles. The number of carbonyl (C=O) groups is 1. The lowest BCUT2D eigenvalue weighted by atomic mass is 9.65. The van der Waals surface area contributed by atoms with Crippen molar-refractivity contribution in [3.05, 3.63) is 62.9 Å². The van der Waals surface area contributed by atoms with E-state index in [9.17, 15) is 4.79 Å². The molecule has 33 heavy (non-hydrogen) atoms. The Morgan fingerprint density at radius 1 is 1.21 bits per heavy atom. The molecular weight excluding hydrogens is 459 g/mol. The molecule has 1 unspecified atom stereocenters. The van der Waals surface area contributed by atoms with Crippen molar-refractivity contribution in [1.82, 2.24) is 4.98 Å². The number of ether oxygens (including phenoxy) is 1. The maximum atomic E-state index is 12.9.